The molecule has 1 aliphatic rings. The average molecular weight is 308 g/mol. The minimum atomic E-state index is -0.592. The van der Waals surface area contributed by atoms with Crippen molar-refractivity contribution in [3.63, 3.8) is 0 Å². The van der Waals surface area contributed by atoms with Crippen LogP contribution in [0.5, 0.6) is 0 Å². The molecule has 1 unspecified atom stereocenters. The van der Waals surface area contributed by atoms with Gasteiger partial charge >= 0.3 is 0 Å². The van der Waals surface area contributed by atoms with E-state index in [0.717, 1.165) is 25.9 Å². The Kier molecular flexibility index (Phi) is 5.24. The molecule has 0 aromatic carbocycles. The van der Waals surface area contributed by atoms with Gasteiger partial charge in [-0.3, -0.25) is 9.48 Å². The number of nitrogens with one attached hydrogen (secondary N) is 2. The number of carbonyl (C=O) groups is 1. The molecule has 2 heterocycles. The molecule has 6 nitrogen and oxygen atoms in total. The first-order valence-corrected chi connectivity index (χ1v) is 7.92. The summed E-state index contributed by atoms with van der Waals surface area (Å²) in [5.41, 5.74) is -0.611. The molecule has 1 atom stereocenters. The van der Waals surface area contributed by atoms with Gasteiger partial charge in [0.25, 0.3) is 0 Å². The molecule has 2 N–H and O–H groups in total. The van der Waals surface area contributed by atoms with Crippen LogP contribution in [0.3, 0.4) is 0 Å². The van der Waals surface area contributed by atoms with Crippen molar-refractivity contribution in [3.8, 4) is 0 Å². The van der Waals surface area contributed by atoms with Gasteiger partial charge in [0.2, 0.25) is 5.91 Å². The van der Waals surface area contributed by atoms with Crippen molar-refractivity contribution in [2.75, 3.05) is 26.7 Å². The summed E-state index contributed by atoms with van der Waals surface area (Å²) in [4.78, 5) is 12.9. The van der Waals surface area contributed by atoms with Crippen LogP contribution in [0.25, 0.3) is 0 Å². The van der Waals surface area contributed by atoms with Gasteiger partial charge in [0.05, 0.1) is 6.10 Å². The predicted molar refractivity (Wildman–Crippen MR) is 85.6 cm³/mol. The minimum absolute atomic E-state index is 0.0188. The largest absolute Gasteiger partial charge is 0.379 e. The second-order valence-electron chi connectivity index (χ2n) is 7.03. The Labute approximate surface area is 132 Å². The summed E-state index contributed by atoms with van der Waals surface area (Å²) in [7, 11) is 1.69. The Morgan fingerprint density at radius 2 is 2.14 bits per heavy atom. The fraction of sp³-hybridized carbons (Fsp3) is 0.750. The zero-order valence-electron chi connectivity index (χ0n) is 14.1. The van der Waals surface area contributed by atoms with Crippen molar-refractivity contribution < 1.29 is 9.53 Å². The van der Waals surface area contributed by atoms with Gasteiger partial charge < -0.3 is 15.4 Å². The third kappa shape index (κ3) is 3.50. The fourth-order valence-corrected chi connectivity index (χ4v) is 3.02. The summed E-state index contributed by atoms with van der Waals surface area (Å²) in [6, 6.07) is 1.87. The van der Waals surface area contributed by atoms with Crippen LogP contribution in [0, 0.1) is 5.41 Å². The quantitative estimate of drug-likeness (QED) is 0.856. The van der Waals surface area contributed by atoms with Gasteiger partial charge in [0.1, 0.15) is 5.54 Å². The van der Waals surface area contributed by atoms with Crippen molar-refractivity contribution in [2.24, 2.45) is 5.41 Å². The Hall–Kier alpha value is -1.40. The predicted octanol–water partition coefficient (Wildman–Crippen LogP) is 1.14. The number of carbonyl (C=O) groups excluding carboxylic acids is 1. The summed E-state index contributed by atoms with van der Waals surface area (Å²) >= 11 is 0. The summed E-state index contributed by atoms with van der Waals surface area (Å²) in [6.07, 6.45) is 5.07. The molecule has 1 saturated heterocycles. The Bertz CT molecular complexity index is 473. The summed E-state index contributed by atoms with van der Waals surface area (Å²) in [5.74, 6) is 0.0315. The average Bonchev–Trinajstić information content (AvgIpc) is 3.01. The number of rotatable bonds is 5. The standard InChI is InChI=1S/C16H28N4O2/c1-15(2,3)13(22-4)12-18-14(21)16(6-9-17-10-7-16)20-11-5-8-19-20/h5,8,11,13,17H,6-7,9-10,12H2,1-4H3,(H,18,21). The molecular weight excluding hydrogens is 280 g/mol. The van der Waals surface area contributed by atoms with Gasteiger partial charge in [-0.2, -0.15) is 5.10 Å². The van der Waals surface area contributed by atoms with Crippen LogP contribution in [-0.4, -0.2) is 48.5 Å². The fourth-order valence-electron chi connectivity index (χ4n) is 3.02. The second-order valence-corrected chi connectivity index (χ2v) is 7.03. The lowest BCUT2D eigenvalue weighted by molar-refractivity contribution is -0.133. The molecule has 0 spiro atoms. The third-order valence-electron chi connectivity index (χ3n) is 4.49. The highest BCUT2D eigenvalue weighted by molar-refractivity contribution is 5.84. The topological polar surface area (TPSA) is 68.2 Å². The maximum Gasteiger partial charge on any atom is 0.248 e. The molecule has 0 bridgehead atoms. The minimum Gasteiger partial charge on any atom is -0.379 e. The van der Waals surface area contributed by atoms with Gasteiger partial charge in [-0.05, 0) is 37.4 Å². The molecule has 1 aromatic rings. The van der Waals surface area contributed by atoms with Crippen LogP contribution in [-0.2, 0) is 15.1 Å². The number of nitrogens with zero attached hydrogens (tertiary/aromatic N) is 2. The molecule has 1 amide bonds. The van der Waals surface area contributed by atoms with Crippen LogP contribution in [0.2, 0.25) is 0 Å². The summed E-state index contributed by atoms with van der Waals surface area (Å²) in [6.45, 7) is 8.49. The van der Waals surface area contributed by atoms with E-state index in [4.69, 9.17) is 4.74 Å². The molecule has 1 aliphatic heterocycles. The van der Waals surface area contributed by atoms with Gasteiger partial charge in [0.15, 0.2) is 0 Å². The van der Waals surface area contributed by atoms with Crippen molar-refractivity contribution in [1.29, 1.82) is 0 Å². The lowest BCUT2D eigenvalue weighted by atomic mass is 9.86. The number of methoxy groups -OCH3 is 1. The van der Waals surface area contributed by atoms with Gasteiger partial charge in [0, 0.05) is 26.0 Å². The zero-order valence-corrected chi connectivity index (χ0v) is 14.1. The van der Waals surface area contributed by atoms with Crippen LogP contribution in [0.15, 0.2) is 18.5 Å². The first kappa shape index (κ1) is 17.0. The van der Waals surface area contributed by atoms with Crippen LogP contribution >= 0.6 is 0 Å². The molecule has 124 valence electrons. The Morgan fingerprint density at radius 1 is 1.45 bits per heavy atom. The number of ether oxygens (including phenoxy) is 1. The first-order valence-electron chi connectivity index (χ1n) is 7.92. The highest BCUT2D eigenvalue weighted by Crippen LogP contribution is 2.27. The van der Waals surface area contributed by atoms with E-state index in [-0.39, 0.29) is 17.4 Å². The maximum atomic E-state index is 12.9. The lowest BCUT2D eigenvalue weighted by Gasteiger charge is -2.37. The van der Waals surface area contributed by atoms with E-state index in [0.29, 0.717) is 6.54 Å². The number of hydrogen-bond donors (Lipinski definition) is 2. The number of hydrogen-bond acceptors (Lipinski definition) is 4. The van der Waals surface area contributed by atoms with E-state index < -0.39 is 5.54 Å². The lowest BCUT2D eigenvalue weighted by Crippen LogP contribution is -2.56. The molecule has 0 saturated carbocycles. The van der Waals surface area contributed by atoms with Crippen molar-refractivity contribution >= 4 is 5.91 Å². The van der Waals surface area contributed by atoms with E-state index in [1.807, 2.05) is 16.9 Å². The molecule has 0 aliphatic carbocycles. The molecule has 2 rings (SSSR count). The van der Waals surface area contributed by atoms with E-state index in [1.54, 1.807) is 13.3 Å². The maximum absolute atomic E-state index is 12.9. The normalized spacial score (nSPS) is 19.6. The van der Waals surface area contributed by atoms with Gasteiger partial charge in [-0.25, -0.2) is 0 Å². The Balaban J connectivity index is 2.10. The van der Waals surface area contributed by atoms with E-state index in [2.05, 4.69) is 36.5 Å². The molecule has 6 heteroatoms. The van der Waals surface area contributed by atoms with E-state index in [1.165, 1.54) is 0 Å². The SMILES string of the molecule is COC(CNC(=O)C1(n2cccn2)CCNCC1)C(C)(C)C. The highest BCUT2D eigenvalue weighted by atomic mass is 16.5. The first-order chi connectivity index (χ1) is 10.4. The van der Waals surface area contributed by atoms with Crippen molar-refractivity contribution in [3.05, 3.63) is 18.5 Å². The zero-order chi connectivity index (χ0) is 16.2. The summed E-state index contributed by atoms with van der Waals surface area (Å²) < 4.78 is 7.33. The monoisotopic (exact) mass is 308 g/mol. The van der Waals surface area contributed by atoms with Gasteiger partial charge in [-0.1, -0.05) is 20.8 Å². The molecule has 1 aromatic heterocycles. The highest BCUT2D eigenvalue weighted by Gasteiger charge is 2.42. The van der Waals surface area contributed by atoms with Gasteiger partial charge in [-0.15, -0.1) is 0 Å². The van der Waals surface area contributed by atoms with Crippen molar-refractivity contribution in [2.45, 2.75) is 45.3 Å². The number of amides is 1. The molecule has 0 radical (unpaired) electrons. The number of aromatic nitrogens is 2. The van der Waals surface area contributed by atoms with Crippen molar-refractivity contribution in [1.82, 2.24) is 20.4 Å². The van der Waals surface area contributed by atoms with Crippen LogP contribution < -0.4 is 10.6 Å². The third-order valence-corrected chi connectivity index (χ3v) is 4.49. The van der Waals surface area contributed by atoms with E-state index >= 15 is 0 Å². The second kappa shape index (κ2) is 6.79. The molecule has 22 heavy (non-hydrogen) atoms. The smallest absolute Gasteiger partial charge is 0.248 e. The molecular formula is C16H28N4O2. The van der Waals surface area contributed by atoms with E-state index in [9.17, 15) is 4.79 Å². The summed E-state index contributed by atoms with van der Waals surface area (Å²) in [5, 5.41) is 10.7. The molecule has 1 fully saturated rings. The number of piperidine rings is 1. The Morgan fingerprint density at radius 3 is 2.64 bits per heavy atom. The van der Waals surface area contributed by atoms with Crippen LogP contribution in [0.1, 0.15) is 33.6 Å². The van der Waals surface area contributed by atoms with Crippen LogP contribution in [0.4, 0.5) is 0 Å².